The van der Waals surface area contributed by atoms with Gasteiger partial charge in [-0.15, -0.1) is 0 Å². The summed E-state index contributed by atoms with van der Waals surface area (Å²) in [6.45, 7) is 0. The molecule has 2 aromatic carbocycles. The molecule has 114 valence electrons. The topological polar surface area (TPSA) is 69.5 Å². The van der Waals surface area contributed by atoms with Gasteiger partial charge < -0.3 is 0 Å². The molecule has 1 heterocycles. The molecule has 3 aromatic rings. The monoisotopic (exact) mass is 369 g/mol. The van der Waals surface area contributed by atoms with Crippen molar-refractivity contribution in [3.8, 4) is 4.97 Å². The summed E-state index contributed by atoms with van der Waals surface area (Å²) in [7, 11) is 0. The van der Waals surface area contributed by atoms with Crippen LogP contribution in [0, 0.1) is 10.2 Å². The second-order valence-corrected chi connectivity index (χ2v) is 7.26. The molecule has 4 nitrogen and oxygen atoms in total. The van der Waals surface area contributed by atoms with Gasteiger partial charge in [-0.3, -0.25) is 0 Å². The summed E-state index contributed by atoms with van der Waals surface area (Å²) in [5.74, 6) is 0. The maximum absolute atomic E-state index is 12.3. The number of aryl methyl sites for hydroxylation is 1. The first-order chi connectivity index (χ1) is 11.3. The van der Waals surface area contributed by atoms with Crippen molar-refractivity contribution in [1.82, 2.24) is 9.97 Å². The minimum atomic E-state index is -0.308. The summed E-state index contributed by atoms with van der Waals surface area (Å²) in [6.07, 6.45) is 1.59. The van der Waals surface area contributed by atoms with Gasteiger partial charge in [-0.2, -0.15) is 0 Å². The zero-order valence-electron chi connectivity index (χ0n) is 12.4. The van der Waals surface area contributed by atoms with E-state index in [-0.39, 0.29) is 25.3 Å². The molecule has 0 spiro atoms. The number of para-hydroxylation sites is 2. The molecular formula is C18H15N3OSe. The van der Waals surface area contributed by atoms with Crippen LogP contribution in [0.2, 0.25) is 0 Å². The molecular weight excluding hydrogens is 353 g/mol. The van der Waals surface area contributed by atoms with E-state index in [9.17, 15) is 4.79 Å². The molecule has 23 heavy (non-hydrogen) atoms. The number of nitriles is 1. The predicted molar refractivity (Wildman–Crippen MR) is 91.2 cm³/mol. The zero-order chi connectivity index (χ0) is 16.1. The Balaban J connectivity index is 1.90. The molecule has 0 aliphatic heterocycles. The van der Waals surface area contributed by atoms with Gasteiger partial charge in [0.15, 0.2) is 0 Å². The number of nitrogens with zero attached hydrogens (tertiary/aromatic N) is 2. The summed E-state index contributed by atoms with van der Waals surface area (Å²) in [5, 5.41) is 9.14. The van der Waals surface area contributed by atoms with Gasteiger partial charge in [-0.25, -0.2) is 0 Å². The summed E-state index contributed by atoms with van der Waals surface area (Å²) < 4.78 is 0. The first-order valence-corrected chi connectivity index (χ1v) is 9.20. The third-order valence-corrected chi connectivity index (χ3v) is 5.44. The van der Waals surface area contributed by atoms with Gasteiger partial charge in [0.25, 0.3) is 0 Å². The number of fused-ring (bicyclic) bond motifs is 1. The number of hydrogen-bond donors (Lipinski definition) is 1. The molecule has 1 N–H and O–H groups in total. The number of aromatic nitrogens is 2. The van der Waals surface area contributed by atoms with Crippen molar-refractivity contribution in [2.24, 2.45) is 0 Å². The Hall–Kier alpha value is -2.41. The van der Waals surface area contributed by atoms with Gasteiger partial charge in [0, 0.05) is 0 Å². The van der Waals surface area contributed by atoms with E-state index < -0.39 is 0 Å². The summed E-state index contributed by atoms with van der Waals surface area (Å²) >= 11 is -0.308. The zero-order valence-corrected chi connectivity index (χ0v) is 14.1. The van der Waals surface area contributed by atoms with E-state index in [4.69, 9.17) is 5.26 Å². The number of aromatic amines is 1. The fourth-order valence-corrected chi connectivity index (χ4v) is 3.85. The molecule has 0 saturated heterocycles. The molecule has 3 rings (SSSR count). The van der Waals surface area contributed by atoms with E-state index >= 15 is 0 Å². The van der Waals surface area contributed by atoms with Crippen molar-refractivity contribution in [3.63, 3.8) is 0 Å². The Kier molecular flexibility index (Phi) is 4.87. The van der Waals surface area contributed by atoms with E-state index in [2.05, 4.69) is 27.1 Å². The van der Waals surface area contributed by atoms with Crippen molar-refractivity contribution in [1.29, 1.82) is 5.26 Å². The minimum absolute atomic E-state index is 0.0962. The fraction of sp³-hybridized carbons (Fsp3) is 0.167. The molecule has 1 aromatic heterocycles. The molecule has 1 atom stereocenters. The van der Waals surface area contributed by atoms with Gasteiger partial charge in [0.1, 0.15) is 0 Å². The van der Waals surface area contributed by atoms with E-state index in [1.807, 2.05) is 42.5 Å². The first kappa shape index (κ1) is 15.5. The number of hydrogen-bond acceptors (Lipinski definition) is 3. The average Bonchev–Trinajstić information content (AvgIpc) is 2.59. The number of benzene rings is 2. The molecule has 5 heteroatoms. The maximum atomic E-state index is 12.3. The first-order valence-electron chi connectivity index (χ1n) is 7.35. The summed E-state index contributed by atoms with van der Waals surface area (Å²) in [6, 6.07) is 17.6. The van der Waals surface area contributed by atoms with Crippen LogP contribution in [0.5, 0.6) is 0 Å². The molecule has 0 fully saturated rings. The van der Waals surface area contributed by atoms with Gasteiger partial charge in [-0.05, 0) is 0 Å². The number of rotatable bonds is 5. The Morgan fingerprint density at radius 1 is 1.13 bits per heavy atom. The van der Waals surface area contributed by atoms with Crippen LogP contribution in [0.3, 0.4) is 0 Å². The quantitative estimate of drug-likeness (QED) is 0.704. The van der Waals surface area contributed by atoms with Gasteiger partial charge in [0.2, 0.25) is 0 Å². The standard InChI is InChI=1S/C18H15N3OSe/c19-12-23-16(11-10-13-6-2-1-3-7-13)17-18(22)21-15-9-5-4-8-14(15)20-17/h1-9,16H,10-11H2,(H,21,22). The molecule has 0 aliphatic rings. The van der Waals surface area contributed by atoms with Gasteiger partial charge in [-0.1, -0.05) is 0 Å². The summed E-state index contributed by atoms with van der Waals surface area (Å²) in [4.78, 5) is 21.9. The predicted octanol–water partition coefficient (Wildman–Crippen LogP) is 2.78. The van der Waals surface area contributed by atoms with Crippen molar-refractivity contribution in [2.75, 3.05) is 0 Å². The Bertz CT molecular complexity index is 899. The van der Waals surface area contributed by atoms with Crippen molar-refractivity contribution in [3.05, 3.63) is 76.2 Å². The molecule has 0 radical (unpaired) electrons. The van der Waals surface area contributed by atoms with Crippen molar-refractivity contribution >= 4 is 26.0 Å². The van der Waals surface area contributed by atoms with Gasteiger partial charge >= 0.3 is 140 Å². The molecule has 0 aliphatic carbocycles. The molecule has 0 amide bonds. The van der Waals surface area contributed by atoms with E-state index in [1.165, 1.54) is 5.56 Å². The van der Waals surface area contributed by atoms with Crippen LogP contribution in [0.25, 0.3) is 11.0 Å². The Morgan fingerprint density at radius 2 is 1.87 bits per heavy atom. The average molecular weight is 368 g/mol. The molecule has 1 unspecified atom stereocenters. The van der Waals surface area contributed by atoms with Gasteiger partial charge in [0.05, 0.1) is 0 Å². The van der Waals surface area contributed by atoms with Crippen LogP contribution in [0.1, 0.15) is 22.5 Å². The second kappa shape index (κ2) is 7.23. The third-order valence-electron chi connectivity index (χ3n) is 3.66. The number of nitrogens with one attached hydrogen (secondary N) is 1. The molecule has 0 saturated carbocycles. The third kappa shape index (κ3) is 3.68. The van der Waals surface area contributed by atoms with Crippen LogP contribution in [-0.2, 0) is 6.42 Å². The van der Waals surface area contributed by atoms with Crippen molar-refractivity contribution < 1.29 is 0 Å². The van der Waals surface area contributed by atoms with Crippen LogP contribution in [-0.4, -0.2) is 24.9 Å². The SMILES string of the molecule is N#C[Se]C(CCc1ccccc1)c1nc2ccccc2[nH]c1=O. The fourth-order valence-electron chi connectivity index (χ4n) is 2.52. The van der Waals surface area contributed by atoms with E-state index in [0.29, 0.717) is 5.69 Å². The van der Waals surface area contributed by atoms with Crippen LogP contribution < -0.4 is 5.56 Å². The molecule has 0 bridgehead atoms. The Morgan fingerprint density at radius 3 is 2.65 bits per heavy atom. The second-order valence-electron chi connectivity index (χ2n) is 5.19. The Labute approximate surface area is 140 Å². The van der Waals surface area contributed by atoms with Crippen molar-refractivity contribution in [2.45, 2.75) is 17.7 Å². The summed E-state index contributed by atoms with van der Waals surface area (Å²) in [5.41, 5.74) is 3.01. The van der Waals surface area contributed by atoms with E-state index in [1.54, 1.807) is 0 Å². The van der Waals surface area contributed by atoms with E-state index in [0.717, 1.165) is 23.9 Å². The normalized spacial score (nSPS) is 12.0. The van der Waals surface area contributed by atoms with Crippen LogP contribution >= 0.6 is 0 Å². The van der Waals surface area contributed by atoms with Crippen LogP contribution in [0.4, 0.5) is 0 Å². The number of H-pyrrole nitrogens is 1. The van der Waals surface area contributed by atoms with Crippen LogP contribution in [0.15, 0.2) is 59.4 Å².